The number of phosphoric acid groups is 2. The first-order valence-corrected chi connectivity index (χ1v) is 10.0. The summed E-state index contributed by atoms with van der Waals surface area (Å²) in [7, 11) is -10.4. The average molecular weight is 416 g/mol. The SMILES string of the molecule is Cc1c(N)ncnc1NC1O[C@H](COP(=O)(O)OP(=O)(O)O)[C@@H](O)[C@H]1O. The van der Waals surface area contributed by atoms with Crippen molar-refractivity contribution in [3.05, 3.63) is 11.9 Å². The number of hydrogen-bond donors (Lipinski definition) is 7. The van der Waals surface area contributed by atoms with Crippen LogP contribution in [0.3, 0.4) is 0 Å². The summed E-state index contributed by atoms with van der Waals surface area (Å²) in [6.07, 6.45) is -4.32. The Kier molecular flexibility index (Phi) is 6.36. The van der Waals surface area contributed by atoms with E-state index in [0.29, 0.717) is 5.56 Å². The van der Waals surface area contributed by atoms with Crippen molar-refractivity contribution in [1.29, 1.82) is 0 Å². The minimum Gasteiger partial charge on any atom is -0.387 e. The highest BCUT2D eigenvalue weighted by Crippen LogP contribution is 2.57. The Hall–Kier alpha value is -1.18. The maximum atomic E-state index is 11.4. The zero-order valence-electron chi connectivity index (χ0n) is 13.2. The van der Waals surface area contributed by atoms with E-state index in [0.717, 1.165) is 0 Å². The highest BCUT2D eigenvalue weighted by Gasteiger charge is 2.44. The van der Waals surface area contributed by atoms with E-state index in [1.165, 1.54) is 6.33 Å². The Morgan fingerprint density at radius 3 is 2.54 bits per heavy atom. The molecule has 1 aromatic heterocycles. The third kappa shape index (κ3) is 5.41. The van der Waals surface area contributed by atoms with Gasteiger partial charge in [-0.15, -0.1) is 0 Å². The van der Waals surface area contributed by atoms with E-state index < -0.39 is 46.8 Å². The number of nitrogens with zero attached hydrogens (tertiary/aromatic N) is 2. The summed E-state index contributed by atoms with van der Waals surface area (Å²) in [6.45, 7) is 0.812. The van der Waals surface area contributed by atoms with Gasteiger partial charge in [-0.2, -0.15) is 4.31 Å². The Bertz CT molecular complexity index is 745. The number of anilines is 2. The summed E-state index contributed by atoms with van der Waals surface area (Å²) in [6, 6.07) is 0. The Balaban J connectivity index is 2.00. The maximum absolute atomic E-state index is 11.4. The van der Waals surface area contributed by atoms with E-state index in [2.05, 4.69) is 24.1 Å². The van der Waals surface area contributed by atoms with Gasteiger partial charge in [0.2, 0.25) is 0 Å². The summed E-state index contributed by atoms with van der Waals surface area (Å²) in [5.74, 6) is 0.416. The number of hydrogen-bond acceptors (Lipinski definition) is 11. The molecule has 1 saturated heterocycles. The zero-order valence-corrected chi connectivity index (χ0v) is 15.0. The Labute approximate surface area is 146 Å². The van der Waals surface area contributed by atoms with Crippen LogP contribution in [0.4, 0.5) is 11.6 Å². The van der Waals surface area contributed by atoms with Gasteiger partial charge in [-0.05, 0) is 6.92 Å². The van der Waals surface area contributed by atoms with Crippen LogP contribution in [0.25, 0.3) is 0 Å². The number of ether oxygens (including phenoxy) is 1. The number of aliphatic hydroxyl groups is 2. The Morgan fingerprint density at radius 1 is 1.27 bits per heavy atom. The first-order valence-electron chi connectivity index (χ1n) is 6.99. The van der Waals surface area contributed by atoms with E-state index in [1.807, 2.05) is 0 Å². The van der Waals surface area contributed by atoms with Crippen LogP contribution < -0.4 is 11.1 Å². The van der Waals surface area contributed by atoms with Crippen molar-refractivity contribution in [3.8, 4) is 0 Å². The fraction of sp³-hybridized carbons (Fsp3) is 0.600. The lowest BCUT2D eigenvalue weighted by Crippen LogP contribution is -2.37. The van der Waals surface area contributed by atoms with Crippen molar-refractivity contribution >= 4 is 27.3 Å². The monoisotopic (exact) mass is 416 g/mol. The van der Waals surface area contributed by atoms with Crippen LogP contribution in [0, 0.1) is 6.92 Å². The zero-order chi connectivity index (χ0) is 19.7. The fourth-order valence-electron chi connectivity index (χ4n) is 2.08. The number of nitrogens with two attached hydrogens (primary N) is 1. The van der Waals surface area contributed by atoms with E-state index >= 15 is 0 Å². The molecule has 2 rings (SSSR count). The molecule has 0 aromatic carbocycles. The molecule has 2 heterocycles. The molecule has 26 heavy (non-hydrogen) atoms. The van der Waals surface area contributed by atoms with E-state index in [-0.39, 0.29) is 11.6 Å². The van der Waals surface area contributed by atoms with E-state index in [1.54, 1.807) is 6.92 Å². The lowest BCUT2D eigenvalue weighted by atomic mass is 10.1. The maximum Gasteiger partial charge on any atom is 0.481 e. The van der Waals surface area contributed by atoms with Crippen LogP contribution in [0.2, 0.25) is 0 Å². The van der Waals surface area contributed by atoms with Gasteiger partial charge in [0.15, 0.2) is 6.23 Å². The topological polar surface area (TPSA) is 227 Å². The first-order chi connectivity index (χ1) is 11.9. The van der Waals surface area contributed by atoms with Gasteiger partial charge in [0, 0.05) is 5.56 Å². The molecule has 16 heteroatoms. The normalized spacial score (nSPS) is 28.7. The molecule has 0 amide bonds. The van der Waals surface area contributed by atoms with Crippen LogP contribution in [0.5, 0.6) is 0 Å². The van der Waals surface area contributed by atoms with Crippen molar-refractivity contribution in [2.75, 3.05) is 17.7 Å². The lowest BCUT2D eigenvalue weighted by Gasteiger charge is -2.18. The van der Waals surface area contributed by atoms with Gasteiger partial charge in [0.25, 0.3) is 0 Å². The molecule has 1 fully saturated rings. The van der Waals surface area contributed by atoms with Crippen LogP contribution >= 0.6 is 15.6 Å². The van der Waals surface area contributed by atoms with Crippen molar-refractivity contribution in [3.63, 3.8) is 0 Å². The standard InChI is InChI=1S/C10H18N4O10P2/c1-4-8(11)12-3-13-9(4)14-10-7(16)6(15)5(23-10)2-22-26(20,21)24-25(17,18)19/h3,5-7,10,15-16H,2H2,1H3,(H,20,21)(H2,17,18,19)(H3,11,12,13,14)/t5-,6-,7-,10?/m1/s1. The number of aromatic nitrogens is 2. The number of phosphoric ester groups is 1. The second-order valence-electron chi connectivity index (χ2n) is 5.29. The number of rotatable bonds is 7. The van der Waals surface area contributed by atoms with Gasteiger partial charge in [-0.25, -0.2) is 19.1 Å². The van der Waals surface area contributed by atoms with Gasteiger partial charge in [0.1, 0.15) is 36.3 Å². The third-order valence-corrected chi connectivity index (χ3v) is 5.53. The van der Waals surface area contributed by atoms with Crippen molar-refractivity contribution in [2.45, 2.75) is 31.5 Å². The molecule has 5 atom stereocenters. The molecular weight excluding hydrogens is 398 g/mol. The second-order valence-corrected chi connectivity index (χ2v) is 8.12. The van der Waals surface area contributed by atoms with Gasteiger partial charge >= 0.3 is 15.6 Å². The molecule has 0 radical (unpaired) electrons. The molecule has 1 aromatic rings. The van der Waals surface area contributed by atoms with Crippen molar-refractivity contribution in [2.24, 2.45) is 0 Å². The van der Waals surface area contributed by atoms with Crippen LogP contribution in [-0.2, 0) is 22.7 Å². The quantitative estimate of drug-likeness (QED) is 0.250. The molecule has 0 bridgehead atoms. The molecule has 1 aliphatic heterocycles. The molecule has 0 spiro atoms. The van der Waals surface area contributed by atoms with Crippen LogP contribution in [-0.4, -0.2) is 66.0 Å². The third-order valence-electron chi connectivity index (χ3n) is 3.38. The second kappa shape index (κ2) is 7.82. The van der Waals surface area contributed by atoms with Crippen LogP contribution in [0.1, 0.15) is 5.56 Å². The summed E-state index contributed by atoms with van der Waals surface area (Å²) < 4.78 is 35.3. The van der Waals surface area contributed by atoms with E-state index in [4.69, 9.17) is 20.3 Å². The minimum atomic E-state index is -5.27. The first kappa shape index (κ1) is 21.1. The van der Waals surface area contributed by atoms with E-state index in [9.17, 15) is 24.2 Å². The molecule has 2 unspecified atom stereocenters. The minimum absolute atomic E-state index is 0.186. The fourth-order valence-corrected chi connectivity index (χ4v) is 3.67. The largest absolute Gasteiger partial charge is 0.481 e. The summed E-state index contributed by atoms with van der Waals surface area (Å²) in [5.41, 5.74) is 6.10. The molecule has 0 saturated carbocycles. The molecule has 14 nitrogen and oxygen atoms in total. The predicted molar refractivity (Wildman–Crippen MR) is 84.4 cm³/mol. The predicted octanol–water partition coefficient (Wildman–Crippen LogP) is -1.55. The van der Waals surface area contributed by atoms with Gasteiger partial charge in [-0.1, -0.05) is 0 Å². The molecule has 148 valence electrons. The van der Waals surface area contributed by atoms with Gasteiger partial charge in [0.05, 0.1) is 6.61 Å². The summed E-state index contributed by atoms with van der Waals surface area (Å²) >= 11 is 0. The summed E-state index contributed by atoms with van der Waals surface area (Å²) in [4.78, 5) is 33.9. The average Bonchev–Trinajstić information content (AvgIpc) is 2.76. The number of nitrogens with one attached hydrogen (secondary N) is 1. The molecule has 1 aliphatic rings. The molecule has 0 aliphatic carbocycles. The summed E-state index contributed by atoms with van der Waals surface area (Å²) in [5, 5.41) is 22.6. The number of aliphatic hydroxyl groups excluding tert-OH is 2. The van der Waals surface area contributed by atoms with Crippen LogP contribution in [0.15, 0.2) is 6.33 Å². The van der Waals surface area contributed by atoms with Gasteiger partial charge < -0.3 is 40.7 Å². The smallest absolute Gasteiger partial charge is 0.387 e. The molecular formula is C10H18N4O10P2. The highest BCUT2D eigenvalue weighted by molar-refractivity contribution is 7.60. The Morgan fingerprint density at radius 2 is 1.92 bits per heavy atom. The van der Waals surface area contributed by atoms with Crippen molar-refractivity contribution in [1.82, 2.24) is 9.97 Å². The lowest BCUT2D eigenvalue weighted by molar-refractivity contribution is -0.0151. The van der Waals surface area contributed by atoms with Gasteiger partial charge in [-0.3, -0.25) is 4.52 Å². The number of nitrogen functional groups attached to an aromatic ring is 1. The molecule has 8 N–H and O–H groups in total. The highest BCUT2D eigenvalue weighted by atomic mass is 31.3. The van der Waals surface area contributed by atoms with Crippen molar-refractivity contribution < 1.29 is 47.6 Å².